The first-order valence-electron chi connectivity index (χ1n) is 7.05. The fraction of sp³-hybridized carbons (Fsp3) is 0.294. The molecule has 0 fully saturated rings. The van der Waals surface area contributed by atoms with Crippen LogP contribution in [-0.2, 0) is 13.2 Å². The van der Waals surface area contributed by atoms with Gasteiger partial charge >= 0.3 is 0 Å². The zero-order chi connectivity index (χ0) is 15.8. The van der Waals surface area contributed by atoms with E-state index in [4.69, 9.17) is 9.47 Å². The number of rotatable bonds is 8. The van der Waals surface area contributed by atoms with Gasteiger partial charge in [0.2, 0.25) is 0 Å². The molecule has 0 unspecified atom stereocenters. The molecule has 3 N–H and O–H groups in total. The topological polar surface area (TPSA) is 79.2 Å². The molecule has 0 atom stereocenters. The van der Waals surface area contributed by atoms with Crippen LogP contribution in [0.4, 0.5) is 0 Å². The van der Waals surface area contributed by atoms with Gasteiger partial charge in [-0.1, -0.05) is 36.4 Å². The normalized spacial score (nSPS) is 10.7. The summed E-state index contributed by atoms with van der Waals surface area (Å²) < 4.78 is 11.0. The first kappa shape index (κ1) is 16.3. The molecule has 2 aromatic rings. The largest absolute Gasteiger partial charge is 0.490 e. The number of hydrogen-bond acceptors (Lipinski definition) is 5. The highest BCUT2D eigenvalue weighted by molar-refractivity contribution is 5.33. The molecule has 5 heteroatoms. The van der Waals surface area contributed by atoms with E-state index >= 15 is 0 Å². The Kier molecular flexibility index (Phi) is 6.21. The second kappa shape index (κ2) is 8.38. The van der Waals surface area contributed by atoms with E-state index in [0.29, 0.717) is 22.6 Å². The lowest BCUT2D eigenvalue weighted by molar-refractivity contribution is 0.0610. The van der Waals surface area contributed by atoms with Crippen LogP contribution in [-0.4, -0.2) is 34.6 Å². The van der Waals surface area contributed by atoms with E-state index in [-0.39, 0.29) is 26.4 Å². The van der Waals surface area contributed by atoms with Gasteiger partial charge in [-0.3, -0.25) is 0 Å². The Hall–Kier alpha value is -2.08. The molecular formula is C17H20O5. The van der Waals surface area contributed by atoms with Crippen LogP contribution >= 0.6 is 0 Å². The van der Waals surface area contributed by atoms with Crippen molar-refractivity contribution in [1.82, 2.24) is 0 Å². The second-order valence-corrected chi connectivity index (χ2v) is 4.81. The fourth-order valence-corrected chi connectivity index (χ4v) is 1.97. The molecule has 5 nitrogen and oxygen atoms in total. The molecule has 0 saturated carbocycles. The smallest absolute Gasteiger partial charge is 0.124 e. The second-order valence-electron chi connectivity index (χ2n) is 4.81. The Morgan fingerprint density at radius 3 is 1.55 bits per heavy atom. The molecule has 0 amide bonds. The Morgan fingerprint density at radius 1 is 0.727 bits per heavy atom. The molecule has 0 aromatic heterocycles. The summed E-state index contributed by atoms with van der Waals surface area (Å²) in [7, 11) is 0. The van der Waals surface area contributed by atoms with Crippen LogP contribution in [0.3, 0.4) is 0 Å². The summed E-state index contributed by atoms with van der Waals surface area (Å²) in [6.45, 7) is -0.129. The number of para-hydroxylation sites is 2. The summed E-state index contributed by atoms with van der Waals surface area (Å²) in [5, 5.41) is 28.3. The maximum Gasteiger partial charge on any atom is 0.124 e. The highest BCUT2D eigenvalue weighted by Crippen LogP contribution is 2.19. The molecule has 0 aliphatic rings. The van der Waals surface area contributed by atoms with E-state index in [9.17, 15) is 15.3 Å². The van der Waals surface area contributed by atoms with Crippen molar-refractivity contribution < 1.29 is 24.8 Å². The quantitative estimate of drug-likeness (QED) is 0.688. The van der Waals surface area contributed by atoms with Crippen LogP contribution in [0.25, 0.3) is 0 Å². The molecular weight excluding hydrogens is 284 g/mol. The third kappa shape index (κ3) is 4.46. The van der Waals surface area contributed by atoms with Gasteiger partial charge in [-0.05, 0) is 12.1 Å². The molecule has 2 rings (SSSR count). The molecule has 0 radical (unpaired) electrons. The number of hydrogen-bond donors (Lipinski definition) is 3. The van der Waals surface area contributed by atoms with Crippen LogP contribution < -0.4 is 9.47 Å². The fourth-order valence-electron chi connectivity index (χ4n) is 1.97. The van der Waals surface area contributed by atoms with E-state index in [0.717, 1.165) is 0 Å². The van der Waals surface area contributed by atoms with Gasteiger partial charge in [0, 0.05) is 11.1 Å². The van der Waals surface area contributed by atoms with Gasteiger partial charge in [-0.15, -0.1) is 0 Å². The first-order valence-corrected chi connectivity index (χ1v) is 7.05. The van der Waals surface area contributed by atoms with E-state index in [2.05, 4.69) is 0 Å². The molecule has 22 heavy (non-hydrogen) atoms. The highest BCUT2D eigenvalue weighted by Gasteiger charge is 2.10. The Bertz CT molecular complexity index is 533. The Morgan fingerprint density at radius 2 is 1.14 bits per heavy atom. The maximum absolute atomic E-state index is 9.92. The van der Waals surface area contributed by atoms with Crippen LogP contribution in [0.1, 0.15) is 11.1 Å². The standard InChI is InChI=1S/C17H20O5/c18-9-13-5-1-3-7-16(13)21-11-15(20)12-22-17-8-4-2-6-14(17)10-19/h1-8,15,18-20H,9-12H2. The highest BCUT2D eigenvalue weighted by atomic mass is 16.5. The predicted molar refractivity (Wildman–Crippen MR) is 81.7 cm³/mol. The lowest BCUT2D eigenvalue weighted by Gasteiger charge is -2.16. The number of aliphatic hydroxyl groups excluding tert-OH is 3. The van der Waals surface area contributed by atoms with Gasteiger partial charge in [0.1, 0.15) is 30.8 Å². The summed E-state index contributed by atoms with van der Waals surface area (Å²) in [5.41, 5.74) is 1.34. The lowest BCUT2D eigenvalue weighted by atomic mass is 10.2. The zero-order valence-electron chi connectivity index (χ0n) is 12.2. The van der Waals surface area contributed by atoms with Gasteiger partial charge in [0.05, 0.1) is 13.2 Å². The molecule has 0 saturated heterocycles. The SMILES string of the molecule is OCc1ccccc1OCC(O)COc1ccccc1CO. The monoisotopic (exact) mass is 304 g/mol. The summed E-state index contributed by atoms with van der Waals surface area (Å²) in [5.74, 6) is 1.08. The molecule has 0 heterocycles. The Labute approximate surface area is 129 Å². The average molecular weight is 304 g/mol. The lowest BCUT2D eigenvalue weighted by Crippen LogP contribution is -2.25. The van der Waals surface area contributed by atoms with Gasteiger partial charge in [-0.25, -0.2) is 0 Å². The van der Waals surface area contributed by atoms with Crippen molar-refractivity contribution in [2.75, 3.05) is 13.2 Å². The average Bonchev–Trinajstić information content (AvgIpc) is 2.58. The molecule has 0 aliphatic carbocycles. The van der Waals surface area contributed by atoms with Crippen molar-refractivity contribution >= 4 is 0 Å². The van der Waals surface area contributed by atoms with Gasteiger partial charge in [0.25, 0.3) is 0 Å². The predicted octanol–water partition coefficient (Wildman–Crippen LogP) is 1.49. The molecule has 0 aliphatic heterocycles. The third-order valence-electron chi connectivity index (χ3n) is 3.15. The van der Waals surface area contributed by atoms with Crippen LogP contribution in [0.2, 0.25) is 0 Å². The van der Waals surface area contributed by atoms with E-state index in [1.54, 1.807) is 36.4 Å². The molecule has 118 valence electrons. The summed E-state index contributed by atoms with van der Waals surface area (Å²) >= 11 is 0. The van der Waals surface area contributed by atoms with Crippen LogP contribution in [0.15, 0.2) is 48.5 Å². The minimum absolute atomic E-state index is 0.0539. The maximum atomic E-state index is 9.92. The Balaban J connectivity index is 1.84. The van der Waals surface area contributed by atoms with Crippen LogP contribution in [0.5, 0.6) is 11.5 Å². The van der Waals surface area contributed by atoms with Gasteiger partial charge in [-0.2, -0.15) is 0 Å². The first-order chi connectivity index (χ1) is 10.7. The number of aliphatic hydroxyl groups is 3. The van der Waals surface area contributed by atoms with Crippen molar-refractivity contribution in [3.63, 3.8) is 0 Å². The zero-order valence-corrected chi connectivity index (χ0v) is 12.2. The van der Waals surface area contributed by atoms with E-state index in [1.165, 1.54) is 0 Å². The van der Waals surface area contributed by atoms with Crippen molar-refractivity contribution in [2.24, 2.45) is 0 Å². The van der Waals surface area contributed by atoms with E-state index < -0.39 is 6.10 Å². The number of ether oxygens (including phenoxy) is 2. The minimum Gasteiger partial charge on any atom is -0.490 e. The van der Waals surface area contributed by atoms with Gasteiger partial charge < -0.3 is 24.8 Å². The summed E-state index contributed by atoms with van der Waals surface area (Å²) in [6, 6.07) is 14.2. The summed E-state index contributed by atoms with van der Waals surface area (Å²) in [4.78, 5) is 0. The molecule has 0 bridgehead atoms. The van der Waals surface area contributed by atoms with Crippen molar-refractivity contribution in [1.29, 1.82) is 0 Å². The van der Waals surface area contributed by atoms with E-state index in [1.807, 2.05) is 12.1 Å². The summed E-state index contributed by atoms with van der Waals surface area (Å²) in [6.07, 6.45) is -0.821. The molecule has 0 spiro atoms. The third-order valence-corrected chi connectivity index (χ3v) is 3.15. The van der Waals surface area contributed by atoms with Crippen LogP contribution in [0, 0.1) is 0 Å². The minimum atomic E-state index is -0.821. The van der Waals surface area contributed by atoms with Gasteiger partial charge in [0.15, 0.2) is 0 Å². The van der Waals surface area contributed by atoms with Crippen molar-refractivity contribution in [2.45, 2.75) is 19.3 Å². The number of benzene rings is 2. The van der Waals surface area contributed by atoms with Crippen molar-refractivity contribution in [3.05, 3.63) is 59.7 Å². The molecule has 2 aromatic carbocycles. The van der Waals surface area contributed by atoms with Crippen molar-refractivity contribution in [3.8, 4) is 11.5 Å².